The molecule has 188 valence electrons. The molecule has 12 nitrogen and oxygen atoms in total. The first-order chi connectivity index (χ1) is 15.0. The lowest BCUT2D eigenvalue weighted by atomic mass is 9.85. The third kappa shape index (κ3) is 5.43. The van der Waals surface area contributed by atoms with Crippen LogP contribution in [0.5, 0.6) is 0 Å². The summed E-state index contributed by atoms with van der Waals surface area (Å²) in [6.45, 7) is 3.26. The van der Waals surface area contributed by atoms with Crippen LogP contribution in [-0.2, 0) is 18.9 Å². The fraction of sp³-hybridized carbons (Fsp3) is 1.00. The Kier molecular flexibility index (Phi) is 8.51. The molecule has 0 aromatic heterocycles. The normalized spacial score (nSPS) is 51.4. The summed E-state index contributed by atoms with van der Waals surface area (Å²) in [6.07, 6.45) is -6.60. The second kappa shape index (κ2) is 10.4. The van der Waals surface area contributed by atoms with E-state index in [4.69, 9.17) is 36.1 Å². The first-order valence-corrected chi connectivity index (χ1v) is 11.2. The highest BCUT2D eigenvalue weighted by Crippen LogP contribution is 2.32. The van der Waals surface area contributed by atoms with Gasteiger partial charge in [-0.2, -0.15) is 0 Å². The topological polar surface area (TPSA) is 208 Å². The molecule has 2 aliphatic heterocycles. The van der Waals surface area contributed by atoms with E-state index in [0.29, 0.717) is 12.8 Å². The number of aliphatic hydroxyl groups excluding tert-OH is 3. The molecule has 0 aromatic rings. The van der Waals surface area contributed by atoms with Gasteiger partial charge in [0.15, 0.2) is 12.6 Å². The van der Waals surface area contributed by atoms with Crippen LogP contribution in [0.3, 0.4) is 0 Å². The summed E-state index contributed by atoms with van der Waals surface area (Å²) in [7, 11) is 1.60. The van der Waals surface area contributed by atoms with Crippen molar-refractivity contribution in [3.8, 4) is 0 Å². The predicted molar refractivity (Wildman–Crippen MR) is 113 cm³/mol. The summed E-state index contributed by atoms with van der Waals surface area (Å²) in [5.41, 5.74) is 17.0. The average Bonchev–Trinajstić information content (AvgIpc) is 2.71. The molecule has 2 saturated heterocycles. The number of aliphatic hydroxyl groups is 4. The van der Waals surface area contributed by atoms with Crippen molar-refractivity contribution >= 4 is 0 Å². The Hall–Kier alpha value is -0.480. The molecule has 3 fully saturated rings. The molecule has 3 rings (SSSR count). The van der Waals surface area contributed by atoms with E-state index in [1.165, 1.54) is 6.92 Å². The lowest BCUT2D eigenvalue weighted by Crippen LogP contribution is -2.68. The van der Waals surface area contributed by atoms with Crippen molar-refractivity contribution in [2.75, 3.05) is 13.7 Å². The summed E-state index contributed by atoms with van der Waals surface area (Å²) in [4.78, 5) is 0. The summed E-state index contributed by atoms with van der Waals surface area (Å²) < 4.78 is 23.2. The van der Waals surface area contributed by atoms with E-state index in [2.05, 4.69) is 5.32 Å². The fourth-order valence-electron chi connectivity index (χ4n) is 4.80. The molecule has 11 N–H and O–H groups in total. The highest BCUT2D eigenvalue weighted by molar-refractivity contribution is 5.01. The highest BCUT2D eigenvalue weighted by Gasteiger charge is 2.51. The standard InChI is InChI=1S/C20H40N4O8/c1-8(21)12-5-4-9(22)18(30-12)31-15-10(23)6-11(25)16(13(15)26)32-19-14(27)17(24-3)20(2,28)7-29-19/h8-19,24-28H,4-7,21-23H2,1-3H3/t8-,9+,10-,11+,12+,13-,14+,15+,16+,17-,18-,19-,20+/m0/s1. The van der Waals surface area contributed by atoms with Crippen LogP contribution in [0.15, 0.2) is 0 Å². The molecule has 0 amide bonds. The molecule has 13 atom stereocenters. The molecule has 12 heteroatoms. The van der Waals surface area contributed by atoms with Crippen molar-refractivity contribution in [2.45, 2.75) is 112 Å². The molecule has 0 bridgehead atoms. The van der Waals surface area contributed by atoms with Gasteiger partial charge >= 0.3 is 0 Å². The first kappa shape index (κ1) is 26.1. The van der Waals surface area contributed by atoms with Crippen LogP contribution >= 0.6 is 0 Å². The third-order valence-electron chi connectivity index (χ3n) is 6.74. The monoisotopic (exact) mass is 464 g/mol. The number of nitrogens with two attached hydrogens (primary N) is 3. The van der Waals surface area contributed by atoms with Crippen molar-refractivity contribution in [2.24, 2.45) is 17.2 Å². The van der Waals surface area contributed by atoms with Gasteiger partial charge in [0.25, 0.3) is 0 Å². The van der Waals surface area contributed by atoms with Crippen molar-refractivity contribution in [3.05, 3.63) is 0 Å². The maximum absolute atomic E-state index is 11.0. The number of nitrogens with one attached hydrogen (secondary N) is 1. The van der Waals surface area contributed by atoms with Gasteiger partial charge in [0.2, 0.25) is 0 Å². The fourth-order valence-corrected chi connectivity index (χ4v) is 4.80. The molecule has 0 aromatic carbocycles. The second-order valence-electron chi connectivity index (χ2n) is 9.60. The lowest BCUT2D eigenvalue weighted by molar-refractivity contribution is -0.316. The van der Waals surface area contributed by atoms with Gasteiger partial charge in [-0.15, -0.1) is 0 Å². The van der Waals surface area contributed by atoms with Crippen molar-refractivity contribution in [1.29, 1.82) is 0 Å². The number of likely N-dealkylation sites (N-methyl/N-ethyl adjacent to an activating group) is 1. The number of rotatable bonds is 6. The Morgan fingerprint density at radius 1 is 1.03 bits per heavy atom. The van der Waals surface area contributed by atoms with E-state index in [9.17, 15) is 20.4 Å². The number of hydrogen-bond acceptors (Lipinski definition) is 12. The highest BCUT2D eigenvalue weighted by atomic mass is 16.7. The van der Waals surface area contributed by atoms with Gasteiger partial charge in [0, 0.05) is 12.1 Å². The van der Waals surface area contributed by atoms with Gasteiger partial charge < -0.3 is 61.9 Å². The zero-order valence-corrected chi connectivity index (χ0v) is 18.9. The Bertz CT molecular complexity index is 614. The number of ether oxygens (including phenoxy) is 4. The molecule has 1 saturated carbocycles. The van der Waals surface area contributed by atoms with Crippen molar-refractivity contribution in [3.63, 3.8) is 0 Å². The lowest BCUT2D eigenvalue weighted by Gasteiger charge is -2.48. The Morgan fingerprint density at radius 3 is 2.31 bits per heavy atom. The minimum atomic E-state index is -1.34. The van der Waals surface area contributed by atoms with E-state index < -0.39 is 66.8 Å². The van der Waals surface area contributed by atoms with Crippen LogP contribution in [0.25, 0.3) is 0 Å². The molecular formula is C20H40N4O8. The third-order valence-corrected chi connectivity index (χ3v) is 6.74. The molecule has 32 heavy (non-hydrogen) atoms. The minimum absolute atomic E-state index is 0.0844. The van der Waals surface area contributed by atoms with Gasteiger partial charge in [-0.05, 0) is 40.2 Å². The van der Waals surface area contributed by atoms with Crippen LogP contribution in [0.1, 0.15) is 33.1 Å². The predicted octanol–water partition coefficient (Wildman–Crippen LogP) is -3.55. The van der Waals surface area contributed by atoms with Crippen LogP contribution in [0.4, 0.5) is 0 Å². The van der Waals surface area contributed by atoms with Crippen LogP contribution in [0.2, 0.25) is 0 Å². The van der Waals surface area contributed by atoms with Crippen LogP contribution in [-0.4, -0.2) is 113 Å². The van der Waals surface area contributed by atoms with Gasteiger partial charge in [0.1, 0.15) is 30.0 Å². The summed E-state index contributed by atoms with van der Waals surface area (Å²) >= 11 is 0. The van der Waals surface area contributed by atoms with Crippen molar-refractivity contribution in [1.82, 2.24) is 5.32 Å². The Morgan fingerprint density at radius 2 is 1.69 bits per heavy atom. The maximum atomic E-state index is 11.0. The second-order valence-corrected chi connectivity index (χ2v) is 9.60. The maximum Gasteiger partial charge on any atom is 0.185 e. The van der Waals surface area contributed by atoms with E-state index in [1.807, 2.05) is 6.92 Å². The Labute approximate surface area is 188 Å². The quantitative estimate of drug-likeness (QED) is 0.192. The van der Waals surface area contributed by atoms with Gasteiger partial charge in [0.05, 0.1) is 30.9 Å². The SMILES string of the molecule is CN[C@H]1[C@@H](O)[C@H](O[C@H]2[C@@H](O)[C@H](O[C@@H]3O[C@@H]([C@H](C)N)CC[C@H]3N)[C@@H](N)C[C@H]2O)OC[C@@]1(C)O. The zero-order valence-electron chi connectivity index (χ0n) is 18.9. The van der Waals surface area contributed by atoms with Crippen LogP contribution in [0, 0.1) is 0 Å². The van der Waals surface area contributed by atoms with E-state index in [-0.39, 0.29) is 25.2 Å². The van der Waals surface area contributed by atoms with Gasteiger partial charge in [-0.25, -0.2) is 0 Å². The van der Waals surface area contributed by atoms with Crippen LogP contribution < -0.4 is 22.5 Å². The van der Waals surface area contributed by atoms with E-state index in [1.54, 1.807) is 7.05 Å². The molecular weight excluding hydrogens is 424 g/mol. The number of hydrogen-bond donors (Lipinski definition) is 8. The molecule has 3 aliphatic rings. The van der Waals surface area contributed by atoms with Gasteiger partial charge in [-0.3, -0.25) is 0 Å². The summed E-state index contributed by atoms with van der Waals surface area (Å²) in [5, 5.41) is 45.4. The molecule has 1 aliphatic carbocycles. The first-order valence-electron chi connectivity index (χ1n) is 11.2. The summed E-state index contributed by atoms with van der Waals surface area (Å²) in [6, 6.07) is -2.07. The Balaban J connectivity index is 1.69. The van der Waals surface area contributed by atoms with Crippen molar-refractivity contribution < 1.29 is 39.4 Å². The van der Waals surface area contributed by atoms with Gasteiger partial charge in [-0.1, -0.05) is 0 Å². The minimum Gasteiger partial charge on any atom is -0.390 e. The summed E-state index contributed by atoms with van der Waals surface area (Å²) in [5.74, 6) is 0. The average molecular weight is 465 g/mol. The molecule has 0 radical (unpaired) electrons. The molecule has 0 spiro atoms. The largest absolute Gasteiger partial charge is 0.390 e. The molecule has 0 unspecified atom stereocenters. The zero-order chi connectivity index (χ0) is 23.8. The van der Waals surface area contributed by atoms with E-state index in [0.717, 1.165) is 0 Å². The van der Waals surface area contributed by atoms with E-state index >= 15 is 0 Å². The molecule has 2 heterocycles. The smallest absolute Gasteiger partial charge is 0.185 e.